The zero-order valence-corrected chi connectivity index (χ0v) is 9.50. The van der Waals surface area contributed by atoms with Gasteiger partial charge in [-0.15, -0.1) is 0 Å². The lowest BCUT2D eigenvalue weighted by atomic mass is 10.0. The van der Waals surface area contributed by atoms with E-state index in [0.29, 0.717) is 18.7 Å². The van der Waals surface area contributed by atoms with Crippen LogP contribution in [0.15, 0.2) is 22.7 Å². The first-order chi connectivity index (χ1) is 6.65. The van der Waals surface area contributed by atoms with Gasteiger partial charge < -0.3 is 16.6 Å². The van der Waals surface area contributed by atoms with Crippen molar-refractivity contribution < 1.29 is 5.11 Å². The van der Waals surface area contributed by atoms with Gasteiger partial charge in [0.2, 0.25) is 0 Å². The lowest BCUT2D eigenvalue weighted by Gasteiger charge is -2.12. The van der Waals surface area contributed by atoms with Crippen LogP contribution in [-0.4, -0.2) is 11.7 Å². The maximum Gasteiger partial charge on any atom is 0.0810 e. The van der Waals surface area contributed by atoms with E-state index in [1.54, 1.807) is 6.07 Å². The summed E-state index contributed by atoms with van der Waals surface area (Å²) in [6.07, 6.45) is 0.950. The van der Waals surface area contributed by atoms with Crippen molar-refractivity contribution in [3.05, 3.63) is 28.2 Å². The highest BCUT2D eigenvalue weighted by Gasteiger charge is 2.10. The largest absolute Gasteiger partial charge is 0.398 e. The van der Waals surface area contributed by atoms with Crippen molar-refractivity contribution in [2.45, 2.75) is 18.9 Å². The fraction of sp³-hybridized carbons (Fsp3) is 0.400. The minimum Gasteiger partial charge on any atom is -0.398 e. The van der Waals surface area contributed by atoms with Crippen LogP contribution in [0.4, 0.5) is 5.69 Å². The number of rotatable bonds is 4. The van der Waals surface area contributed by atoms with E-state index in [1.165, 1.54) is 0 Å². The van der Waals surface area contributed by atoms with Crippen LogP contribution in [0.1, 0.15) is 24.5 Å². The zero-order chi connectivity index (χ0) is 10.6. The molecule has 0 saturated heterocycles. The highest BCUT2D eigenvalue weighted by molar-refractivity contribution is 9.10. The van der Waals surface area contributed by atoms with E-state index in [4.69, 9.17) is 11.5 Å². The molecule has 0 spiro atoms. The van der Waals surface area contributed by atoms with Gasteiger partial charge in [-0.2, -0.15) is 0 Å². The molecule has 78 valence electrons. The summed E-state index contributed by atoms with van der Waals surface area (Å²) >= 11 is 3.32. The summed E-state index contributed by atoms with van der Waals surface area (Å²) in [6.45, 7) is 0.591. The van der Waals surface area contributed by atoms with Crippen LogP contribution in [0.5, 0.6) is 0 Å². The second kappa shape index (κ2) is 5.34. The van der Waals surface area contributed by atoms with Gasteiger partial charge in [-0.3, -0.25) is 0 Å². The molecule has 0 aliphatic heterocycles. The molecule has 0 saturated carbocycles. The minimum atomic E-state index is -0.508. The summed E-state index contributed by atoms with van der Waals surface area (Å²) in [5.74, 6) is 0. The van der Waals surface area contributed by atoms with Crippen LogP contribution in [0.2, 0.25) is 0 Å². The maximum atomic E-state index is 9.77. The summed E-state index contributed by atoms with van der Waals surface area (Å²) in [6, 6.07) is 5.50. The molecule has 0 amide bonds. The topological polar surface area (TPSA) is 72.3 Å². The Bertz CT molecular complexity index is 304. The van der Waals surface area contributed by atoms with Gasteiger partial charge in [-0.25, -0.2) is 0 Å². The molecule has 0 aliphatic rings. The Labute approximate surface area is 92.2 Å². The van der Waals surface area contributed by atoms with E-state index in [0.717, 1.165) is 16.5 Å². The molecule has 14 heavy (non-hydrogen) atoms. The molecule has 0 bridgehead atoms. The Morgan fingerprint density at radius 3 is 2.71 bits per heavy atom. The average Bonchev–Trinajstić information content (AvgIpc) is 2.14. The van der Waals surface area contributed by atoms with Crippen LogP contribution in [0.25, 0.3) is 0 Å². The molecule has 0 aromatic heterocycles. The number of hydrogen-bond donors (Lipinski definition) is 3. The van der Waals surface area contributed by atoms with Gasteiger partial charge in [0.15, 0.2) is 0 Å². The number of aliphatic hydroxyl groups is 1. The Hall–Kier alpha value is -0.580. The SMILES string of the molecule is NCCCC(O)c1ccc(Br)cc1N. The van der Waals surface area contributed by atoms with Gasteiger partial charge in [0.25, 0.3) is 0 Å². The molecule has 1 atom stereocenters. The number of nitrogen functional groups attached to an aromatic ring is 1. The summed E-state index contributed by atoms with van der Waals surface area (Å²) < 4.78 is 0.921. The lowest BCUT2D eigenvalue weighted by Crippen LogP contribution is -2.05. The molecule has 1 unspecified atom stereocenters. The van der Waals surface area contributed by atoms with E-state index in [9.17, 15) is 5.11 Å². The van der Waals surface area contributed by atoms with Crippen molar-refractivity contribution in [3.63, 3.8) is 0 Å². The van der Waals surface area contributed by atoms with E-state index < -0.39 is 6.10 Å². The summed E-state index contributed by atoms with van der Waals surface area (Å²) in [5.41, 5.74) is 12.5. The third-order valence-corrected chi connectivity index (χ3v) is 2.58. The molecule has 0 radical (unpaired) electrons. The number of aliphatic hydroxyl groups excluding tert-OH is 1. The zero-order valence-electron chi connectivity index (χ0n) is 7.91. The van der Waals surface area contributed by atoms with Crippen molar-refractivity contribution >= 4 is 21.6 Å². The van der Waals surface area contributed by atoms with Crippen LogP contribution in [0.3, 0.4) is 0 Å². The van der Waals surface area contributed by atoms with Gasteiger partial charge >= 0.3 is 0 Å². The lowest BCUT2D eigenvalue weighted by molar-refractivity contribution is 0.166. The monoisotopic (exact) mass is 258 g/mol. The Balaban J connectivity index is 2.74. The molecule has 3 nitrogen and oxygen atoms in total. The number of benzene rings is 1. The first kappa shape index (κ1) is 11.5. The number of nitrogens with two attached hydrogens (primary N) is 2. The summed E-state index contributed by atoms with van der Waals surface area (Å²) in [4.78, 5) is 0. The highest BCUT2D eigenvalue weighted by Crippen LogP contribution is 2.26. The van der Waals surface area contributed by atoms with E-state index in [1.807, 2.05) is 12.1 Å². The van der Waals surface area contributed by atoms with Crippen LogP contribution in [0, 0.1) is 0 Å². The predicted octanol–water partition coefficient (Wildman–Crippen LogP) is 1.80. The van der Waals surface area contributed by atoms with Gasteiger partial charge in [0.1, 0.15) is 0 Å². The van der Waals surface area contributed by atoms with Gasteiger partial charge in [-0.1, -0.05) is 22.0 Å². The molecular formula is C10H15BrN2O. The number of halogens is 1. The van der Waals surface area contributed by atoms with Gasteiger partial charge in [0, 0.05) is 15.7 Å². The second-order valence-corrected chi connectivity index (χ2v) is 4.14. The van der Waals surface area contributed by atoms with Crippen molar-refractivity contribution in [2.75, 3.05) is 12.3 Å². The molecule has 1 aromatic carbocycles. The Kier molecular flexibility index (Phi) is 4.38. The van der Waals surface area contributed by atoms with E-state index in [-0.39, 0.29) is 0 Å². The Morgan fingerprint density at radius 2 is 2.14 bits per heavy atom. The normalized spacial score (nSPS) is 12.8. The molecular weight excluding hydrogens is 244 g/mol. The van der Waals surface area contributed by atoms with Crippen molar-refractivity contribution in [2.24, 2.45) is 5.73 Å². The molecule has 0 aliphatic carbocycles. The average molecular weight is 259 g/mol. The van der Waals surface area contributed by atoms with Crippen LogP contribution >= 0.6 is 15.9 Å². The van der Waals surface area contributed by atoms with Crippen LogP contribution < -0.4 is 11.5 Å². The predicted molar refractivity (Wildman–Crippen MR) is 61.8 cm³/mol. The molecule has 5 N–H and O–H groups in total. The first-order valence-corrected chi connectivity index (χ1v) is 5.37. The quantitative estimate of drug-likeness (QED) is 0.722. The number of anilines is 1. The smallest absolute Gasteiger partial charge is 0.0810 e. The van der Waals surface area contributed by atoms with Crippen LogP contribution in [-0.2, 0) is 0 Å². The maximum absolute atomic E-state index is 9.77. The highest BCUT2D eigenvalue weighted by atomic mass is 79.9. The third-order valence-electron chi connectivity index (χ3n) is 2.09. The molecule has 0 heterocycles. The van der Waals surface area contributed by atoms with Crippen molar-refractivity contribution in [1.29, 1.82) is 0 Å². The van der Waals surface area contributed by atoms with Crippen molar-refractivity contribution in [3.8, 4) is 0 Å². The molecule has 4 heteroatoms. The number of hydrogen-bond acceptors (Lipinski definition) is 3. The fourth-order valence-electron chi connectivity index (χ4n) is 1.32. The molecule has 1 rings (SSSR count). The summed E-state index contributed by atoms with van der Waals surface area (Å²) in [5, 5.41) is 9.77. The van der Waals surface area contributed by atoms with Gasteiger partial charge in [0.05, 0.1) is 6.10 Å². The fourth-order valence-corrected chi connectivity index (χ4v) is 1.69. The van der Waals surface area contributed by atoms with E-state index >= 15 is 0 Å². The molecule has 1 aromatic rings. The van der Waals surface area contributed by atoms with E-state index in [2.05, 4.69) is 15.9 Å². The minimum absolute atomic E-state index is 0.508. The molecule has 0 fully saturated rings. The third kappa shape index (κ3) is 2.97. The Morgan fingerprint density at radius 1 is 1.43 bits per heavy atom. The van der Waals surface area contributed by atoms with Gasteiger partial charge in [-0.05, 0) is 31.5 Å². The standard InChI is InChI=1S/C10H15BrN2O/c11-7-3-4-8(9(13)6-7)10(14)2-1-5-12/h3-4,6,10,14H,1-2,5,12-13H2. The summed E-state index contributed by atoms with van der Waals surface area (Å²) in [7, 11) is 0. The first-order valence-electron chi connectivity index (χ1n) is 4.58. The second-order valence-electron chi connectivity index (χ2n) is 3.22. The van der Waals surface area contributed by atoms with Crippen molar-refractivity contribution in [1.82, 2.24) is 0 Å².